The summed E-state index contributed by atoms with van der Waals surface area (Å²) < 4.78 is 17.5. The second kappa shape index (κ2) is 9.77. The van der Waals surface area contributed by atoms with Crippen molar-refractivity contribution in [2.45, 2.75) is 58.0 Å². The van der Waals surface area contributed by atoms with Crippen LogP contribution in [0, 0.1) is 5.82 Å². The number of amides is 1. The first-order valence-electron chi connectivity index (χ1n) is 12.2. The van der Waals surface area contributed by atoms with Crippen LogP contribution in [-0.4, -0.2) is 41.4 Å². The maximum atomic E-state index is 15.9. The largest absolute Gasteiger partial charge is 0.391 e. The lowest BCUT2D eigenvalue weighted by molar-refractivity contribution is -0.176. The van der Waals surface area contributed by atoms with Crippen molar-refractivity contribution in [1.29, 1.82) is 0 Å². The number of hydrazine groups is 1. The molecule has 3 aromatic rings. The summed E-state index contributed by atoms with van der Waals surface area (Å²) in [6.07, 6.45) is 7.46. The number of hydrogen-bond donors (Lipinski definition) is 3. The van der Waals surface area contributed by atoms with Gasteiger partial charge in [0.2, 0.25) is 5.95 Å². The van der Waals surface area contributed by atoms with Gasteiger partial charge in [-0.1, -0.05) is 12.5 Å². The smallest absolute Gasteiger partial charge is 0.272 e. The van der Waals surface area contributed by atoms with E-state index >= 15 is 4.39 Å². The summed E-state index contributed by atoms with van der Waals surface area (Å²) in [5, 5.41) is 11.8. The van der Waals surface area contributed by atoms with E-state index < -0.39 is 0 Å². The number of nitrogens with one attached hydrogen (secondary N) is 3. The molecule has 0 saturated heterocycles. The van der Waals surface area contributed by atoms with Gasteiger partial charge >= 0.3 is 0 Å². The number of hydroxylamine groups is 1. The number of carbonyl (C=O) groups is 1. The lowest BCUT2D eigenvalue weighted by atomic mass is 9.95. The van der Waals surface area contributed by atoms with Gasteiger partial charge in [-0.2, -0.15) is 10.1 Å². The van der Waals surface area contributed by atoms with Gasteiger partial charge in [-0.05, 0) is 62.4 Å². The second-order valence-electron chi connectivity index (χ2n) is 10.1. The Morgan fingerprint density at radius 2 is 2.05 bits per heavy atom. The van der Waals surface area contributed by atoms with Crippen LogP contribution in [0.2, 0.25) is 0 Å². The molecule has 0 bridgehead atoms. The monoisotopic (exact) mass is 507 g/mol. The summed E-state index contributed by atoms with van der Waals surface area (Å²) in [7, 11) is 1.81. The van der Waals surface area contributed by atoms with E-state index in [-0.39, 0.29) is 40.6 Å². The third kappa shape index (κ3) is 5.24. The van der Waals surface area contributed by atoms with Gasteiger partial charge in [0.05, 0.1) is 17.1 Å². The van der Waals surface area contributed by atoms with Crippen molar-refractivity contribution in [3.63, 3.8) is 0 Å². The summed E-state index contributed by atoms with van der Waals surface area (Å²) in [5.41, 5.74) is 4.56. The molecule has 2 aromatic heterocycles. The minimum absolute atomic E-state index is 0.221. The summed E-state index contributed by atoms with van der Waals surface area (Å²) >= 11 is 0. The lowest BCUT2D eigenvalue weighted by Crippen LogP contribution is -2.47. The fraction of sp³-hybridized carbons (Fsp3) is 0.400. The van der Waals surface area contributed by atoms with Gasteiger partial charge in [0.25, 0.3) is 5.91 Å². The van der Waals surface area contributed by atoms with Crippen molar-refractivity contribution in [2.24, 2.45) is 7.05 Å². The third-order valence-corrected chi connectivity index (χ3v) is 6.25. The Labute approximate surface area is 214 Å². The third-order valence-electron chi connectivity index (χ3n) is 6.25. The van der Waals surface area contributed by atoms with Crippen molar-refractivity contribution >= 4 is 17.7 Å². The van der Waals surface area contributed by atoms with Crippen LogP contribution in [0.1, 0.15) is 57.2 Å². The molecule has 3 N–H and O–H groups in total. The maximum absolute atomic E-state index is 15.9. The Hall–Kier alpha value is -4.06. The average molecular weight is 508 g/mol. The summed E-state index contributed by atoms with van der Waals surface area (Å²) in [6, 6.07) is 4.97. The van der Waals surface area contributed by atoms with E-state index in [1.54, 1.807) is 30.1 Å². The normalized spacial score (nSPS) is 17.8. The number of halogens is 1. The standard InChI is InChI=1S/C25H30FN9O2/c1-25(2,3)35-32-19(13-37-35)23(36)29-18-8-6-5-7-16-15(18)9-10-17(21(16)26)22-27-14-28-24(31-22)30-20-11-12-34(4)33-20/h9-14,18,32H,5-8H2,1-4H3,(H,29,36)(H,27,28,30,31,33). The van der Waals surface area contributed by atoms with Crippen LogP contribution in [0.25, 0.3) is 11.4 Å². The molecule has 0 saturated carbocycles. The van der Waals surface area contributed by atoms with Gasteiger partial charge in [0, 0.05) is 19.3 Å². The molecule has 11 nitrogen and oxygen atoms in total. The Balaban J connectivity index is 1.37. The van der Waals surface area contributed by atoms with Crippen LogP contribution in [-0.2, 0) is 23.1 Å². The topological polar surface area (TPSA) is 122 Å². The molecule has 1 aromatic carbocycles. The fourth-order valence-corrected chi connectivity index (χ4v) is 4.36. The zero-order valence-electron chi connectivity index (χ0n) is 21.2. The predicted molar refractivity (Wildman–Crippen MR) is 134 cm³/mol. The zero-order valence-corrected chi connectivity index (χ0v) is 21.2. The van der Waals surface area contributed by atoms with Crippen LogP contribution in [0.5, 0.6) is 0 Å². The number of aryl methyl sites for hydroxylation is 1. The molecule has 12 heteroatoms. The second-order valence-corrected chi connectivity index (χ2v) is 10.1. The highest BCUT2D eigenvalue weighted by Crippen LogP contribution is 2.34. The summed E-state index contributed by atoms with van der Waals surface area (Å²) in [4.78, 5) is 31.2. The number of rotatable bonds is 5. The van der Waals surface area contributed by atoms with Crippen LogP contribution in [0.15, 0.2) is 42.7 Å². The first-order chi connectivity index (χ1) is 17.7. The van der Waals surface area contributed by atoms with Crippen molar-refractivity contribution in [2.75, 3.05) is 5.32 Å². The highest BCUT2D eigenvalue weighted by molar-refractivity contribution is 5.93. The van der Waals surface area contributed by atoms with Crippen molar-refractivity contribution < 1.29 is 14.0 Å². The number of aromatic nitrogens is 5. The summed E-state index contributed by atoms with van der Waals surface area (Å²) in [6.45, 7) is 5.88. The van der Waals surface area contributed by atoms with E-state index in [0.717, 1.165) is 18.4 Å². The molecular weight excluding hydrogens is 477 g/mol. The number of fused-ring (bicyclic) bond motifs is 1. The summed E-state index contributed by atoms with van der Waals surface area (Å²) in [5.74, 6) is 0.375. The first-order valence-corrected chi connectivity index (χ1v) is 12.2. The van der Waals surface area contributed by atoms with E-state index in [0.29, 0.717) is 29.9 Å². The minimum Gasteiger partial charge on any atom is -0.391 e. The SMILES string of the molecule is Cn1ccc(Nc2ncnc(-c3ccc4c(c3F)CCCCC4NC(=O)C3=CON(C(C)(C)C)N3)n2)n1. The number of anilines is 2. The highest BCUT2D eigenvalue weighted by atomic mass is 19.1. The molecule has 0 radical (unpaired) electrons. The van der Waals surface area contributed by atoms with E-state index in [1.165, 1.54) is 17.8 Å². The minimum atomic E-state index is -0.380. The molecular formula is C25H30FN9O2. The van der Waals surface area contributed by atoms with E-state index in [2.05, 4.69) is 36.1 Å². The quantitative estimate of drug-likeness (QED) is 0.446. The number of benzene rings is 1. The Kier molecular flexibility index (Phi) is 6.50. The van der Waals surface area contributed by atoms with Crippen molar-refractivity contribution in [3.05, 3.63) is 59.6 Å². The molecule has 1 amide bonds. The molecule has 2 aliphatic rings. The lowest BCUT2D eigenvalue weighted by Gasteiger charge is -2.29. The van der Waals surface area contributed by atoms with Crippen LogP contribution in [0.3, 0.4) is 0 Å². The molecule has 5 rings (SSSR count). The van der Waals surface area contributed by atoms with Gasteiger partial charge in [-0.15, -0.1) is 0 Å². The van der Waals surface area contributed by atoms with Crippen LogP contribution < -0.4 is 16.1 Å². The molecule has 37 heavy (non-hydrogen) atoms. The fourth-order valence-electron chi connectivity index (χ4n) is 4.36. The van der Waals surface area contributed by atoms with E-state index in [4.69, 9.17) is 4.84 Å². The van der Waals surface area contributed by atoms with Gasteiger partial charge in [-0.25, -0.2) is 14.4 Å². The number of nitrogens with zero attached hydrogens (tertiary/aromatic N) is 6. The Morgan fingerprint density at radius 1 is 1.22 bits per heavy atom. The number of hydrogen-bond acceptors (Lipinski definition) is 9. The number of carbonyl (C=O) groups excluding carboxylic acids is 1. The van der Waals surface area contributed by atoms with Gasteiger partial charge in [0.15, 0.2) is 17.3 Å². The molecule has 0 spiro atoms. The molecule has 1 aliphatic heterocycles. The first kappa shape index (κ1) is 24.6. The highest BCUT2D eigenvalue weighted by Gasteiger charge is 2.32. The van der Waals surface area contributed by atoms with E-state index in [9.17, 15) is 4.79 Å². The van der Waals surface area contributed by atoms with Crippen LogP contribution >= 0.6 is 0 Å². The molecule has 0 fully saturated rings. The Bertz CT molecular complexity index is 1350. The molecule has 1 unspecified atom stereocenters. The Morgan fingerprint density at radius 3 is 2.78 bits per heavy atom. The zero-order chi connectivity index (χ0) is 26.2. The maximum Gasteiger partial charge on any atom is 0.272 e. The van der Waals surface area contributed by atoms with Crippen LogP contribution in [0.4, 0.5) is 16.2 Å². The van der Waals surface area contributed by atoms with Crippen molar-refractivity contribution in [1.82, 2.24) is 40.6 Å². The van der Waals surface area contributed by atoms with Gasteiger partial charge in [0.1, 0.15) is 18.4 Å². The van der Waals surface area contributed by atoms with Crippen molar-refractivity contribution in [3.8, 4) is 11.4 Å². The van der Waals surface area contributed by atoms with Gasteiger partial charge < -0.3 is 15.5 Å². The molecule has 1 aliphatic carbocycles. The van der Waals surface area contributed by atoms with E-state index in [1.807, 2.05) is 26.8 Å². The predicted octanol–water partition coefficient (Wildman–Crippen LogP) is 3.43. The molecule has 194 valence electrons. The molecule has 3 heterocycles. The average Bonchev–Trinajstić information content (AvgIpc) is 3.46. The van der Waals surface area contributed by atoms with Gasteiger partial charge in [-0.3, -0.25) is 14.9 Å². The molecule has 1 atom stereocenters.